The van der Waals surface area contributed by atoms with E-state index in [1.807, 2.05) is 31.2 Å². The Hall–Kier alpha value is -2.12. The van der Waals surface area contributed by atoms with E-state index in [-0.39, 0.29) is 11.8 Å². The van der Waals surface area contributed by atoms with Crippen molar-refractivity contribution in [2.75, 3.05) is 18.4 Å². The van der Waals surface area contributed by atoms with E-state index in [1.165, 1.54) is 11.6 Å². The molecule has 2 aromatic carbocycles. The van der Waals surface area contributed by atoms with E-state index in [2.05, 4.69) is 20.4 Å². The monoisotopic (exact) mass is 478 g/mol. The first kappa shape index (κ1) is 22.1. The number of anilines is 1. The SMILES string of the molecule is Cc1ccc(-c2noc(CN3CCC(C(=O)Nc4cc(Cl)c(Cl)cc4Cl)CC3)n2)cc1. The summed E-state index contributed by atoms with van der Waals surface area (Å²) in [6.07, 6.45) is 1.45. The molecule has 0 bridgehead atoms. The zero-order chi connectivity index (χ0) is 22.0. The molecule has 162 valence electrons. The van der Waals surface area contributed by atoms with Crippen molar-refractivity contribution in [1.29, 1.82) is 0 Å². The van der Waals surface area contributed by atoms with Gasteiger partial charge in [-0.05, 0) is 45.0 Å². The van der Waals surface area contributed by atoms with Crippen LogP contribution in [0.4, 0.5) is 5.69 Å². The van der Waals surface area contributed by atoms with Gasteiger partial charge in [0.2, 0.25) is 17.6 Å². The highest BCUT2D eigenvalue weighted by Gasteiger charge is 2.26. The fourth-order valence-corrected chi connectivity index (χ4v) is 4.13. The van der Waals surface area contributed by atoms with Crippen LogP contribution < -0.4 is 5.32 Å². The van der Waals surface area contributed by atoms with Crippen molar-refractivity contribution in [3.05, 3.63) is 62.9 Å². The molecule has 4 rings (SSSR count). The molecule has 0 radical (unpaired) electrons. The summed E-state index contributed by atoms with van der Waals surface area (Å²) in [5.74, 6) is 0.982. The number of halogens is 3. The molecule has 1 N–H and O–H groups in total. The summed E-state index contributed by atoms with van der Waals surface area (Å²) in [4.78, 5) is 19.4. The first-order valence-electron chi connectivity index (χ1n) is 9.96. The number of rotatable bonds is 5. The largest absolute Gasteiger partial charge is 0.338 e. The van der Waals surface area contributed by atoms with Gasteiger partial charge in [0.25, 0.3) is 0 Å². The number of nitrogens with one attached hydrogen (secondary N) is 1. The zero-order valence-corrected chi connectivity index (χ0v) is 19.1. The van der Waals surface area contributed by atoms with Gasteiger partial charge in [0.15, 0.2) is 0 Å². The molecule has 1 aliphatic rings. The molecule has 0 aliphatic carbocycles. The third kappa shape index (κ3) is 5.39. The molecule has 1 aliphatic heterocycles. The maximum atomic E-state index is 12.7. The van der Waals surface area contributed by atoms with Gasteiger partial charge in [0, 0.05) is 11.5 Å². The van der Waals surface area contributed by atoms with Crippen molar-refractivity contribution >= 4 is 46.4 Å². The number of nitrogens with zero attached hydrogens (tertiary/aromatic N) is 3. The number of aryl methyl sites for hydroxylation is 1. The summed E-state index contributed by atoms with van der Waals surface area (Å²) in [5.41, 5.74) is 2.58. The molecule has 0 spiro atoms. The van der Waals surface area contributed by atoms with Gasteiger partial charge in [-0.3, -0.25) is 9.69 Å². The van der Waals surface area contributed by atoms with E-state index in [1.54, 1.807) is 6.07 Å². The third-order valence-corrected chi connectivity index (χ3v) is 6.40. The minimum absolute atomic E-state index is 0.0700. The lowest BCUT2D eigenvalue weighted by molar-refractivity contribution is -0.121. The second-order valence-corrected chi connectivity index (χ2v) is 8.89. The Labute approximate surface area is 195 Å². The van der Waals surface area contributed by atoms with Gasteiger partial charge < -0.3 is 9.84 Å². The summed E-state index contributed by atoms with van der Waals surface area (Å²) in [6, 6.07) is 11.1. The van der Waals surface area contributed by atoms with Crippen LogP contribution >= 0.6 is 34.8 Å². The fourth-order valence-electron chi connectivity index (χ4n) is 3.54. The minimum atomic E-state index is -0.104. The standard InChI is InChI=1S/C22H21Cl3N4O2/c1-13-2-4-14(5-3-13)21-27-20(31-28-21)12-29-8-6-15(7-9-29)22(30)26-19-11-17(24)16(23)10-18(19)25/h2-5,10-11,15H,6-9,12H2,1H3,(H,26,30). The lowest BCUT2D eigenvalue weighted by atomic mass is 9.96. The Kier molecular flexibility index (Phi) is 6.82. The summed E-state index contributed by atoms with van der Waals surface area (Å²) in [6.45, 7) is 4.12. The number of carbonyl (C=O) groups is 1. The second kappa shape index (κ2) is 9.57. The first-order valence-corrected chi connectivity index (χ1v) is 11.1. The number of benzene rings is 2. The zero-order valence-electron chi connectivity index (χ0n) is 16.9. The van der Waals surface area contributed by atoms with Crippen molar-refractivity contribution in [2.45, 2.75) is 26.3 Å². The van der Waals surface area contributed by atoms with Crippen molar-refractivity contribution < 1.29 is 9.32 Å². The van der Waals surface area contributed by atoms with Crippen LogP contribution in [0.2, 0.25) is 15.1 Å². The average Bonchev–Trinajstić information content (AvgIpc) is 3.21. The van der Waals surface area contributed by atoms with E-state index in [0.717, 1.165) is 31.5 Å². The molecule has 0 unspecified atom stereocenters. The molecule has 6 nitrogen and oxygen atoms in total. The van der Waals surface area contributed by atoms with Crippen LogP contribution in [0, 0.1) is 12.8 Å². The predicted octanol–water partition coefficient (Wildman–Crippen LogP) is 5.86. The minimum Gasteiger partial charge on any atom is -0.338 e. The summed E-state index contributed by atoms with van der Waals surface area (Å²) in [5, 5.41) is 8.01. The molecule has 2 heterocycles. The highest BCUT2D eigenvalue weighted by molar-refractivity contribution is 6.44. The van der Waals surface area contributed by atoms with Gasteiger partial charge in [-0.25, -0.2) is 0 Å². The fraction of sp³-hybridized carbons (Fsp3) is 0.318. The maximum absolute atomic E-state index is 12.7. The molecule has 1 saturated heterocycles. The second-order valence-electron chi connectivity index (χ2n) is 7.66. The Morgan fingerprint density at radius 1 is 1.10 bits per heavy atom. The summed E-state index contributed by atoms with van der Waals surface area (Å²) < 4.78 is 5.42. The lowest BCUT2D eigenvalue weighted by Gasteiger charge is -2.30. The van der Waals surface area contributed by atoms with Gasteiger partial charge in [-0.2, -0.15) is 4.98 Å². The number of hydrogen-bond donors (Lipinski definition) is 1. The van der Waals surface area contributed by atoms with Crippen LogP contribution in [-0.4, -0.2) is 34.0 Å². The topological polar surface area (TPSA) is 71.3 Å². The lowest BCUT2D eigenvalue weighted by Crippen LogP contribution is -2.37. The van der Waals surface area contributed by atoms with E-state index in [4.69, 9.17) is 39.3 Å². The average molecular weight is 480 g/mol. The van der Waals surface area contributed by atoms with Crippen molar-refractivity contribution in [1.82, 2.24) is 15.0 Å². The Morgan fingerprint density at radius 2 is 1.77 bits per heavy atom. The molecule has 0 saturated carbocycles. The predicted molar refractivity (Wildman–Crippen MR) is 123 cm³/mol. The molecule has 0 atom stereocenters. The number of amides is 1. The molecule has 1 fully saturated rings. The van der Waals surface area contributed by atoms with Crippen LogP contribution in [0.15, 0.2) is 40.9 Å². The van der Waals surface area contributed by atoms with Crippen LogP contribution in [0.3, 0.4) is 0 Å². The Balaban J connectivity index is 1.30. The van der Waals surface area contributed by atoms with Gasteiger partial charge >= 0.3 is 0 Å². The highest BCUT2D eigenvalue weighted by atomic mass is 35.5. The summed E-state index contributed by atoms with van der Waals surface area (Å²) >= 11 is 18.1. The van der Waals surface area contributed by atoms with Gasteiger partial charge in [0.05, 0.1) is 27.3 Å². The van der Waals surface area contributed by atoms with Crippen molar-refractivity contribution in [3.8, 4) is 11.4 Å². The van der Waals surface area contributed by atoms with E-state index in [9.17, 15) is 4.79 Å². The maximum Gasteiger partial charge on any atom is 0.241 e. The first-order chi connectivity index (χ1) is 14.9. The molecular formula is C22H21Cl3N4O2. The Morgan fingerprint density at radius 3 is 2.48 bits per heavy atom. The van der Waals surface area contributed by atoms with Gasteiger partial charge in [0.1, 0.15) is 0 Å². The normalized spacial score (nSPS) is 15.2. The van der Waals surface area contributed by atoms with Crippen LogP contribution in [0.25, 0.3) is 11.4 Å². The number of aromatic nitrogens is 2. The van der Waals surface area contributed by atoms with Crippen LogP contribution in [-0.2, 0) is 11.3 Å². The van der Waals surface area contributed by atoms with Crippen LogP contribution in [0.1, 0.15) is 24.3 Å². The van der Waals surface area contributed by atoms with Crippen molar-refractivity contribution in [3.63, 3.8) is 0 Å². The third-order valence-electron chi connectivity index (χ3n) is 5.36. The highest BCUT2D eigenvalue weighted by Crippen LogP contribution is 2.33. The molecule has 1 amide bonds. The van der Waals surface area contributed by atoms with Gasteiger partial charge in [-0.15, -0.1) is 0 Å². The number of piperidine rings is 1. The smallest absolute Gasteiger partial charge is 0.241 e. The quantitative estimate of drug-likeness (QED) is 0.464. The number of likely N-dealkylation sites (tertiary alicyclic amines) is 1. The molecular weight excluding hydrogens is 459 g/mol. The molecule has 1 aromatic heterocycles. The number of hydrogen-bond acceptors (Lipinski definition) is 5. The van der Waals surface area contributed by atoms with Crippen LogP contribution in [0.5, 0.6) is 0 Å². The van der Waals surface area contributed by atoms with E-state index in [0.29, 0.717) is 39.0 Å². The number of carbonyl (C=O) groups excluding carboxylic acids is 1. The molecule has 3 aromatic rings. The van der Waals surface area contributed by atoms with Gasteiger partial charge in [-0.1, -0.05) is 69.8 Å². The molecule has 31 heavy (non-hydrogen) atoms. The van der Waals surface area contributed by atoms with E-state index >= 15 is 0 Å². The summed E-state index contributed by atoms with van der Waals surface area (Å²) in [7, 11) is 0. The Bertz CT molecular complexity index is 1080. The van der Waals surface area contributed by atoms with Crippen molar-refractivity contribution in [2.24, 2.45) is 5.92 Å². The molecule has 9 heteroatoms. The van der Waals surface area contributed by atoms with E-state index < -0.39 is 0 Å².